The lowest BCUT2D eigenvalue weighted by Crippen LogP contribution is -2.45. The molecule has 0 fully saturated rings. The number of carbonyl (C=O) groups is 2. The lowest BCUT2D eigenvalue weighted by Gasteiger charge is -2.33. The molecule has 1 heterocycles. The lowest BCUT2D eigenvalue weighted by atomic mass is 9.86. The number of phenolic OH excluding ortho intramolecular Hbond substituents is 1. The Morgan fingerprint density at radius 2 is 2.04 bits per heavy atom. The number of ether oxygens (including phenoxy) is 2. The molecule has 1 aliphatic heterocycles. The van der Waals surface area contributed by atoms with Gasteiger partial charge in [0.05, 0.1) is 18.7 Å². The van der Waals surface area contributed by atoms with Gasteiger partial charge in [-0.25, -0.2) is 9.79 Å². The van der Waals surface area contributed by atoms with E-state index in [1.807, 2.05) is 26.8 Å². The highest BCUT2D eigenvalue weighted by Gasteiger charge is 2.40. The number of nitrogens with zero attached hydrogens (tertiary/aromatic N) is 2. The fourth-order valence-corrected chi connectivity index (χ4v) is 2.78. The SMILES string of the molecule is COc1cc(C2NC(=O)N=C(C)C2C(=O)OC(C)C(C)(C)C)cc(C#N)c1O. The predicted octanol–water partition coefficient (Wildman–Crippen LogP) is 3.09. The molecule has 0 saturated heterocycles. The highest BCUT2D eigenvalue weighted by atomic mass is 16.5. The molecule has 1 aromatic carbocycles. The van der Waals surface area contributed by atoms with Gasteiger partial charge in [0.2, 0.25) is 0 Å². The number of nitriles is 1. The Labute approximate surface area is 164 Å². The molecule has 8 nitrogen and oxygen atoms in total. The molecular formula is C20H25N3O5. The third-order valence-corrected chi connectivity index (χ3v) is 4.90. The van der Waals surface area contributed by atoms with Crippen LogP contribution in [0.15, 0.2) is 17.1 Å². The van der Waals surface area contributed by atoms with E-state index >= 15 is 0 Å². The summed E-state index contributed by atoms with van der Waals surface area (Å²) in [5, 5.41) is 22.0. The van der Waals surface area contributed by atoms with E-state index in [0.717, 1.165) is 0 Å². The smallest absolute Gasteiger partial charge is 0.341 e. The van der Waals surface area contributed by atoms with Crippen LogP contribution in [0.5, 0.6) is 11.5 Å². The Balaban J connectivity index is 2.49. The van der Waals surface area contributed by atoms with Gasteiger partial charge in [0.15, 0.2) is 11.5 Å². The van der Waals surface area contributed by atoms with E-state index in [-0.39, 0.29) is 28.6 Å². The number of urea groups is 1. The Morgan fingerprint density at radius 1 is 1.39 bits per heavy atom. The number of esters is 1. The number of rotatable bonds is 4. The van der Waals surface area contributed by atoms with E-state index in [1.54, 1.807) is 13.8 Å². The van der Waals surface area contributed by atoms with Gasteiger partial charge in [-0.05, 0) is 37.0 Å². The molecule has 0 bridgehead atoms. The molecule has 3 atom stereocenters. The minimum absolute atomic E-state index is 0.0288. The molecule has 8 heteroatoms. The fourth-order valence-electron chi connectivity index (χ4n) is 2.78. The van der Waals surface area contributed by atoms with Crippen LogP contribution in [0.1, 0.15) is 51.8 Å². The third kappa shape index (κ3) is 4.25. The van der Waals surface area contributed by atoms with Crippen molar-refractivity contribution in [2.45, 2.75) is 46.8 Å². The van der Waals surface area contributed by atoms with Crippen molar-refractivity contribution in [1.29, 1.82) is 5.26 Å². The van der Waals surface area contributed by atoms with E-state index in [1.165, 1.54) is 19.2 Å². The first kappa shape index (κ1) is 21.2. The summed E-state index contributed by atoms with van der Waals surface area (Å²) in [6, 6.07) is 3.36. The molecule has 2 N–H and O–H groups in total. The first-order valence-electron chi connectivity index (χ1n) is 8.86. The summed E-state index contributed by atoms with van der Waals surface area (Å²) < 4.78 is 10.7. The zero-order valence-electron chi connectivity index (χ0n) is 16.9. The standard InChI is InChI=1S/C20H25N3O5/c1-10-15(18(25)28-11(2)20(3,4)5)16(23-19(26)22-10)12-7-13(9-21)17(24)14(8-12)27-6/h7-8,11,15-16,24H,1-6H3,(H,23,26). The Kier molecular flexibility index (Phi) is 5.98. The maximum absolute atomic E-state index is 12.9. The first-order valence-corrected chi connectivity index (χ1v) is 8.86. The van der Waals surface area contributed by atoms with E-state index in [4.69, 9.17) is 9.47 Å². The van der Waals surface area contributed by atoms with E-state index < -0.39 is 24.0 Å². The molecule has 2 amide bonds. The lowest BCUT2D eigenvalue weighted by molar-refractivity contribution is -0.156. The molecule has 28 heavy (non-hydrogen) atoms. The highest BCUT2D eigenvalue weighted by molar-refractivity contribution is 6.08. The van der Waals surface area contributed by atoms with Gasteiger partial charge in [-0.1, -0.05) is 20.8 Å². The number of aromatic hydroxyl groups is 1. The maximum Gasteiger partial charge on any atom is 0.341 e. The molecule has 1 aromatic rings. The molecule has 0 aliphatic carbocycles. The van der Waals surface area contributed by atoms with Crippen LogP contribution in [0.2, 0.25) is 0 Å². The van der Waals surface area contributed by atoms with Gasteiger partial charge in [-0.2, -0.15) is 5.26 Å². The van der Waals surface area contributed by atoms with Gasteiger partial charge in [0.25, 0.3) is 0 Å². The third-order valence-electron chi connectivity index (χ3n) is 4.90. The molecule has 3 unspecified atom stereocenters. The van der Waals surface area contributed by atoms with Crippen LogP contribution >= 0.6 is 0 Å². The fraction of sp³-hybridized carbons (Fsp3) is 0.500. The number of hydrogen-bond acceptors (Lipinski definition) is 6. The van der Waals surface area contributed by atoms with Crippen LogP contribution in [-0.2, 0) is 9.53 Å². The van der Waals surface area contributed by atoms with Crippen molar-refractivity contribution in [2.75, 3.05) is 7.11 Å². The van der Waals surface area contributed by atoms with Crippen molar-refractivity contribution in [3.63, 3.8) is 0 Å². The molecule has 0 aromatic heterocycles. The number of carbonyl (C=O) groups excluding carboxylic acids is 2. The summed E-state index contributed by atoms with van der Waals surface area (Å²) >= 11 is 0. The normalized spacial score (nSPS) is 20.5. The van der Waals surface area contributed by atoms with Gasteiger partial charge in [0.1, 0.15) is 18.1 Å². The van der Waals surface area contributed by atoms with Gasteiger partial charge in [-0.3, -0.25) is 4.79 Å². The number of benzene rings is 1. The number of aliphatic imine (C=N–C) groups is 1. The summed E-state index contributed by atoms with van der Waals surface area (Å²) in [5.41, 5.74) is 0.452. The number of phenols is 1. The summed E-state index contributed by atoms with van der Waals surface area (Å²) in [5.74, 6) is -1.64. The Bertz CT molecular complexity index is 864. The Hall–Kier alpha value is -3.08. The minimum atomic E-state index is -0.872. The Morgan fingerprint density at radius 3 is 2.57 bits per heavy atom. The second-order valence-corrected chi connectivity index (χ2v) is 7.83. The monoisotopic (exact) mass is 387 g/mol. The van der Waals surface area contributed by atoms with Crippen LogP contribution < -0.4 is 10.1 Å². The molecule has 150 valence electrons. The molecule has 0 spiro atoms. The van der Waals surface area contributed by atoms with Crippen molar-refractivity contribution in [3.05, 3.63) is 23.3 Å². The van der Waals surface area contributed by atoms with Gasteiger partial charge >= 0.3 is 12.0 Å². The zero-order chi connectivity index (χ0) is 21.2. The highest BCUT2D eigenvalue weighted by Crippen LogP contribution is 2.37. The average molecular weight is 387 g/mol. The molecule has 1 aliphatic rings. The molecule has 0 radical (unpaired) electrons. The van der Waals surface area contributed by atoms with Gasteiger partial charge in [-0.15, -0.1) is 0 Å². The van der Waals surface area contributed by atoms with Crippen molar-refractivity contribution in [1.82, 2.24) is 5.32 Å². The summed E-state index contributed by atoms with van der Waals surface area (Å²) in [6.45, 7) is 9.25. The van der Waals surface area contributed by atoms with Crippen LogP contribution in [-0.4, -0.2) is 36.0 Å². The van der Waals surface area contributed by atoms with E-state index in [9.17, 15) is 20.0 Å². The van der Waals surface area contributed by atoms with Crippen molar-refractivity contribution in [3.8, 4) is 17.6 Å². The summed E-state index contributed by atoms with van der Waals surface area (Å²) in [6.07, 6.45) is -0.366. The van der Waals surface area contributed by atoms with E-state index in [0.29, 0.717) is 11.3 Å². The van der Waals surface area contributed by atoms with Crippen molar-refractivity contribution < 1.29 is 24.2 Å². The number of amides is 2. The van der Waals surface area contributed by atoms with Crippen LogP contribution in [0.25, 0.3) is 0 Å². The summed E-state index contributed by atoms with van der Waals surface area (Å²) in [4.78, 5) is 28.8. The molecule has 0 saturated carbocycles. The maximum atomic E-state index is 12.9. The molecular weight excluding hydrogens is 362 g/mol. The van der Waals surface area contributed by atoms with Crippen LogP contribution in [0.3, 0.4) is 0 Å². The van der Waals surface area contributed by atoms with Crippen LogP contribution in [0.4, 0.5) is 4.79 Å². The summed E-state index contributed by atoms with van der Waals surface area (Å²) in [7, 11) is 1.35. The average Bonchev–Trinajstić information content (AvgIpc) is 2.60. The topological polar surface area (TPSA) is 121 Å². The zero-order valence-corrected chi connectivity index (χ0v) is 16.9. The quantitative estimate of drug-likeness (QED) is 0.766. The van der Waals surface area contributed by atoms with Crippen molar-refractivity contribution >= 4 is 17.7 Å². The van der Waals surface area contributed by atoms with Crippen molar-refractivity contribution in [2.24, 2.45) is 16.3 Å². The van der Waals surface area contributed by atoms with Gasteiger partial charge in [0, 0.05) is 5.71 Å². The first-order chi connectivity index (χ1) is 13.0. The number of nitrogens with one attached hydrogen (secondary N) is 1. The predicted molar refractivity (Wildman–Crippen MR) is 102 cm³/mol. The van der Waals surface area contributed by atoms with Crippen LogP contribution in [0, 0.1) is 22.7 Å². The number of methoxy groups -OCH3 is 1. The number of hydrogen-bond donors (Lipinski definition) is 2. The largest absolute Gasteiger partial charge is 0.503 e. The molecule has 2 rings (SSSR count). The second-order valence-electron chi connectivity index (χ2n) is 7.83. The van der Waals surface area contributed by atoms with Gasteiger partial charge < -0.3 is 19.9 Å². The minimum Gasteiger partial charge on any atom is -0.503 e. The van der Waals surface area contributed by atoms with E-state index in [2.05, 4.69) is 10.3 Å². The second kappa shape index (κ2) is 7.89.